The number of rotatable bonds is 6. The molecule has 2 aromatic carbocycles. The summed E-state index contributed by atoms with van der Waals surface area (Å²) in [6.07, 6.45) is -2.78. The zero-order valence-electron chi connectivity index (χ0n) is 18.6. The maximum atomic E-state index is 13.0. The lowest BCUT2D eigenvalue weighted by molar-refractivity contribution is -0.139. The fourth-order valence-corrected chi connectivity index (χ4v) is 6.10. The summed E-state index contributed by atoms with van der Waals surface area (Å²) in [6.45, 7) is 1.63. The van der Waals surface area contributed by atoms with Crippen molar-refractivity contribution in [3.63, 3.8) is 0 Å². The van der Waals surface area contributed by atoms with E-state index < -0.39 is 39.7 Å². The molecule has 6 nitrogen and oxygen atoms in total. The van der Waals surface area contributed by atoms with Crippen LogP contribution in [0.3, 0.4) is 0 Å². The molecule has 0 saturated heterocycles. The molecule has 4 aromatic rings. The summed E-state index contributed by atoms with van der Waals surface area (Å²) in [5, 5.41) is 10.6. The third-order valence-corrected chi connectivity index (χ3v) is 8.48. The highest BCUT2D eigenvalue weighted by Crippen LogP contribution is 2.30. The molecule has 0 fully saturated rings. The number of aromatic amines is 1. The third kappa shape index (κ3) is 5.46. The molecule has 0 aliphatic heterocycles. The van der Waals surface area contributed by atoms with Crippen molar-refractivity contribution in [2.24, 2.45) is 0 Å². The van der Waals surface area contributed by atoms with E-state index in [0.29, 0.717) is 16.0 Å². The van der Waals surface area contributed by atoms with Gasteiger partial charge in [-0.3, -0.25) is 4.79 Å². The van der Waals surface area contributed by atoms with Crippen molar-refractivity contribution in [1.82, 2.24) is 9.71 Å². The summed E-state index contributed by atoms with van der Waals surface area (Å²) in [6, 6.07) is 12.9. The maximum absolute atomic E-state index is 13.0. The van der Waals surface area contributed by atoms with E-state index in [1.165, 1.54) is 24.3 Å². The monoisotopic (exact) mass is 532 g/mol. The topological polar surface area (TPSA) is 99.3 Å². The van der Waals surface area contributed by atoms with E-state index in [-0.39, 0.29) is 4.21 Å². The molecule has 0 saturated carbocycles. The van der Waals surface area contributed by atoms with Crippen LogP contribution in [-0.2, 0) is 21.0 Å². The molecule has 11 heteroatoms. The molecule has 186 valence electrons. The lowest BCUT2D eigenvalue weighted by atomic mass is 9.93. The van der Waals surface area contributed by atoms with Gasteiger partial charge in [0.1, 0.15) is 10.3 Å². The zero-order valence-corrected chi connectivity index (χ0v) is 20.3. The standard InChI is InChI=1S/C25H19F3N2O4S2/c1-15(20-14-29-21-5-3-2-4-19(20)21)23(24(31)32)30-36(33,34)22-13-12-18(35-22)11-8-16-6-9-17(10-7-16)25(26,27)28/h2-7,9-10,12-15,23,29-30H,1H3,(H,31,32)/t15-,23+/m1/s1. The van der Waals surface area contributed by atoms with E-state index >= 15 is 0 Å². The number of aromatic nitrogens is 1. The summed E-state index contributed by atoms with van der Waals surface area (Å²) in [4.78, 5) is 15.4. The van der Waals surface area contributed by atoms with Gasteiger partial charge >= 0.3 is 12.1 Å². The van der Waals surface area contributed by atoms with Crippen molar-refractivity contribution in [1.29, 1.82) is 0 Å². The molecule has 0 bridgehead atoms. The molecular formula is C25H19F3N2O4S2. The second-order valence-corrected chi connectivity index (χ2v) is 11.0. The predicted molar refractivity (Wildman–Crippen MR) is 130 cm³/mol. The second kappa shape index (κ2) is 9.81. The van der Waals surface area contributed by atoms with Gasteiger partial charge in [-0.15, -0.1) is 11.3 Å². The van der Waals surface area contributed by atoms with Gasteiger partial charge in [0.05, 0.1) is 10.4 Å². The minimum absolute atomic E-state index is 0.128. The molecule has 0 aliphatic rings. The normalized spacial score (nSPS) is 13.7. The SMILES string of the molecule is C[C@H](c1c[nH]c2ccccc12)[C@H](NS(=O)(=O)c1ccc(C#Cc2ccc(C(F)(F)F)cc2)s1)C(=O)O. The van der Waals surface area contributed by atoms with Crippen LogP contribution in [-0.4, -0.2) is 30.5 Å². The van der Waals surface area contributed by atoms with Crippen LogP contribution >= 0.6 is 11.3 Å². The highest BCUT2D eigenvalue weighted by molar-refractivity contribution is 7.91. The van der Waals surface area contributed by atoms with E-state index in [2.05, 4.69) is 21.5 Å². The van der Waals surface area contributed by atoms with Crippen LogP contribution in [0.1, 0.15) is 34.4 Å². The van der Waals surface area contributed by atoms with Crippen molar-refractivity contribution < 1.29 is 31.5 Å². The molecule has 0 aliphatic carbocycles. The Kier molecular flexibility index (Phi) is 6.95. The highest BCUT2D eigenvalue weighted by atomic mass is 32.2. The Morgan fingerprint density at radius 2 is 1.75 bits per heavy atom. The number of thiophene rings is 1. The maximum Gasteiger partial charge on any atom is 0.416 e. The number of carboxylic acid groups (broad SMARTS) is 1. The van der Waals surface area contributed by atoms with Crippen LogP contribution in [0.4, 0.5) is 13.2 Å². The quantitative estimate of drug-likeness (QED) is 0.298. The first-order valence-corrected chi connectivity index (χ1v) is 12.9. The van der Waals surface area contributed by atoms with E-state index in [4.69, 9.17) is 0 Å². The largest absolute Gasteiger partial charge is 0.480 e. The lowest BCUT2D eigenvalue weighted by Crippen LogP contribution is -2.43. The summed E-state index contributed by atoms with van der Waals surface area (Å²) in [5.74, 6) is 3.41. The Bertz CT molecular complexity index is 1580. The second-order valence-electron chi connectivity index (χ2n) is 7.96. The molecule has 0 spiro atoms. The third-order valence-electron chi connectivity index (χ3n) is 5.55. The first-order chi connectivity index (χ1) is 17.0. The van der Waals surface area contributed by atoms with Crippen LogP contribution in [0.15, 0.2) is 71.1 Å². The van der Waals surface area contributed by atoms with Crippen molar-refractivity contribution in [2.75, 3.05) is 0 Å². The fraction of sp³-hybridized carbons (Fsp3) is 0.160. The number of hydrogen-bond donors (Lipinski definition) is 3. The molecule has 2 atom stereocenters. The number of carboxylic acids is 1. The molecule has 0 radical (unpaired) electrons. The average Bonchev–Trinajstić information content (AvgIpc) is 3.48. The van der Waals surface area contributed by atoms with Gasteiger partial charge in [0.25, 0.3) is 10.0 Å². The van der Waals surface area contributed by atoms with Crippen LogP contribution in [0.25, 0.3) is 10.9 Å². The summed E-state index contributed by atoms with van der Waals surface area (Å²) < 4.78 is 66.2. The first kappa shape index (κ1) is 25.5. The molecule has 2 aromatic heterocycles. The number of benzene rings is 2. The van der Waals surface area contributed by atoms with Crippen molar-refractivity contribution in [3.8, 4) is 11.8 Å². The number of sulfonamides is 1. The predicted octanol–water partition coefficient (Wildman–Crippen LogP) is 5.18. The number of carbonyl (C=O) groups is 1. The van der Waals surface area contributed by atoms with Gasteiger partial charge in [-0.2, -0.15) is 17.9 Å². The molecule has 0 unspecified atom stereocenters. The molecule has 3 N–H and O–H groups in total. The first-order valence-electron chi connectivity index (χ1n) is 10.6. The zero-order chi connectivity index (χ0) is 26.1. The van der Waals surface area contributed by atoms with Crippen LogP contribution < -0.4 is 4.72 Å². The Morgan fingerprint density at radius 3 is 2.42 bits per heavy atom. The van der Waals surface area contributed by atoms with Gasteiger partial charge in [-0.25, -0.2) is 8.42 Å². The molecule has 0 amide bonds. The Balaban J connectivity index is 1.53. The van der Waals surface area contributed by atoms with E-state index in [0.717, 1.165) is 34.4 Å². The van der Waals surface area contributed by atoms with Gasteiger partial charge in [-0.05, 0) is 48.0 Å². The summed E-state index contributed by atoms with van der Waals surface area (Å²) in [7, 11) is -4.19. The number of alkyl halides is 3. The number of H-pyrrole nitrogens is 1. The van der Waals surface area contributed by atoms with Crippen LogP contribution in [0.5, 0.6) is 0 Å². The Labute approximate surface area is 208 Å². The van der Waals surface area contributed by atoms with Crippen molar-refractivity contribution in [3.05, 3.63) is 88.4 Å². The van der Waals surface area contributed by atoms with Gasteiger partial charge in [0.2, 0.25) is 0 Å². The smallest absolute Gasteiger partial charge is 0.416 e. The molecule has 4 rings (SSSR count). The number of hydrogen-bond acceptors (Lipinski definition) is 4. The highest BCUT2D eigenvalue weighted by Gasteiger charge is 2.33. The molecule has 2 heterocycles. The van der Waals surface area contributed by atoms with Gasteiger partial charge in [-0.1, -0.05) is 37.0 Å². The number of fused-ring (bicyclic) bond motifs is 1. The van der Waals surface area contributed by atoms with Gasteiger partial charge in [0, 0.05) is 28.6 Å². The van der Waals surface area contributed by atoms with Gasteiger partial charge in [0.15, 0.2) is 0 Å². The summed E-state index contributed by atoms with van der Waals surface area (Å²) >= 11 is 0.829. The Hall–Kier alpha value is -3.59. The van der Waals surface area contributed by atoms with Crippen molar-refractivity contribution in [2.45, 2.75) is 29.3 Å². The van der Waals surface area contributed by atoms with Crippen LogP contribution in [0.2, 0.25) is 0 Å². The fourth-order valence-electron chi connectivity index (χ4n) is 3.65. The van der Waals surface area contributed by atoms with E-state index in [1.54, 1.807) is 13.1 Å². The lowest BCUT2D eigenvalue weighted by Gasteiger charge is -2.21. The van der Waals surface area contributed by atoms with E-state index in [9.17, 15) is 31.5 Å². The minimum Gasteiger partial charge on any atom is -0.480 e. The average molecular weight is 533 g/mol. The number of halogens is 3. The molecule has 36 heavy (non-hydrogen) atoms. The van der Waals surface area contributed by atoms with E-state index in [1.807, 2.05) is 24.3 Å². The van der Waals surface area contributed by atoms with Crippen LogP contribution in [0, 0.1) is 11.8 Å². The number of para-hydroxylation sites is 1. The van der Waals surface area contributed by atoms with Gasteiger partial charge < -0.3 is 10.1 Å². The molecular weight excluding hydrogens is 513 g/mol. The number of aliphatic carboxylic acids is 1. The minimum atomic E-state index is -4.45. The summed E-state index contributed by atoms with van der Waals surface area (Å²) in [5.41, 5.74) is 1.01. The van der Waals surface area contributed by atoms with Crippen molar-refractivity contribution >= 4 is 38.2 Å². The number of nitrogens with one attached hydrogen (secondary N) is 2. The Morgan fingerprint density at radius 1 is 1.06 bits per heavy atom.